The molecular formula is C18H33. The highest BCUT2D eigenvalue weighted by atomic mass is 14.0. The standard InChI is InChI=1S/C18H33/c1-3-5-7-9-11-13-15-17-18-16-14-12-10-8-6-4-2/h8,10,14,16H,1,3-7,9,11-13,15,17-18H2,2H3. The van der Waals surface area contributed by atoms with E-state index in [0.717, 1.165) is 12.8 Å². The van der Waals surface area contributed by atoms with Crippen molar-refractivity contribution in [3.8, 4) is 0 Å². The van der Waals surface area contributed by atoms with Crippen LogP contribution in [-0.2, 0) is 0 Å². The van der Waals surface area contributed by atoms with E-state index in [0.29, 0.717) is 0 Å². The molecule has 18 heavy (non-hydrogen) atoms. The molecule has 105 valence electrons. The van der Waals surface area contributed by atoms with E-state index in [-0.39, 0.29) is 0 Å². The summed E-state index contributed by atoms with van der Waals surface area (Å²) in [5, 5.41) is 0. The van der Waals surface area contributed by atoms with Crippen LogP contribution in [-0.4, -0.2) is 0 Å². The van der Waals surface area contributed by atoms with E-state index >= 15 is 0 Å². The minimum Gasteiger partial charge on any atom is -0.0882 e. The van der Waals surface area contributed by atoms with E-state index in [1.54, 1.807) is 0 Å². The van der Waals surface area contributed by atoms with Gasteiger partial charge in [-0.25, -0.2) is 0 Å². The molecule has 0 fully saturated rings. The van der Waals surface area contributed by atoms with Crippen LogP contribution in [0.5, 0.6) is 0 Å². The molecule has 0 nitrogen and oxygen atoms in total. The van der Waals surface area contributed by atoms with Crippen molar-refractivity contribution >= 4 is 0 Å². The van der Waals surface area contributed by atoms with Crippen molar-refractivity contribution in [2.75, 3.05) is 0 Å². The van der Waals surface area contributed by atoms with E-state index < -0.39 is 0 Å². The summed E-state index contributed by atoms with van der Waals surface area (Å²) < 4.78 is 0. The number of rotatable bonds is 13. The Balaban J connectivity index is 3.08. The molecular weight excluding hydrogens is 216 g/mol. The molecule has 0 amide bonds. The molecule has 0 spiro atoms. The van der Waals surface area contributed by atoms with Crippen LogP contribution in [0.15, 0.2) is 24.3 Å². The summed E-state index contributed by atoms with van der Waals surface area (Å²) in [6.45, 7) is 6.09. The summed E-state index contributed by atoms with van der Waals surface area (Å²) in [4.78, 5) is 0. The first-order valence-electron chi connectivity index (χ1n) is 8.01. The summed E-state index contributed by atoms with van der Waals surface area (Å²) in [5.74, 6) is 0. The van der Waals surface area contributed by atoms with Gasteiger partial charge in [-0.3, -0.25) is 0 Å². The predicted octanol–water partition coefficient (Wildman–Crippen LogP) is 6.63. The van der Waals surface area contributed by atoms with E-state index in [2.05, 4.69) is 38.2 Å². The molecule has 0 bridgehead atoms. The first kappa shape index (κ1) is 17.5. The third-order valence-corrected chi connectivity index (χ3v) is 3.18. The molecule has 0 heterocycles. The minimum atomic E-state index is 1.11. The summed E-state index contributed by atoms with van der Waals surface area (Å²) in [7, 11) is 0. The van der Waals surface area contributed by atoms with Gasteiger partial charge in [-0.05, 0) is 25.7 Å². The molecule has 0 aromatic heterocycles. The second kappa shape index (κ2) is 16.5. The Kier molecular flexibility index (Phi) is 16.0. The Hall–Kier alpha value is -0.520. The first-order chi connectivity index (χ1) is 8.91. The molecule has 0 N–H and O–H groups in total. The van der Waals surface area contributed by atoms with Crippen molar-refractivity contribution in [1.29, 1.82) is 0 Å². The SMILES string of the molecule is [CH2]CCCCCCCCCC=CCC=CCCC. The molecule has 0 aliphatic rings. The second-order valence-corrected chi connectivity index (χ2v) is 5.08. The Labute approximate surface area is 116 Å². The molecule has 0 unspecified atom stereocenters. The van der Waals surface area contributed by atoms with Crippen LogP contribution in [0, 0.1) is 6.92 Å². The van der Waals surface area contributed by atoms with E-state index in [9.17, 15) is 0 Å². The van der Waals surface area contributed by atoms with Crippen molar-refractivity contribution < 1.29 is 0 Å². The molecule has 0 aliphatic carbocycles. The third-order valence-electron chi connectivity index (χ3n) is 3.18. The second-order valence-electron chi connectivity index (χ2n) is 5.08. The van der Waals surface area contributed by atoms with Crippen LogP contribution in [0.1, 0.15) is 84.0 Å². The lowest BCUT2D eigenvalue weighted by atomic mass is 10.1. The number of hydrogen-bond donors (Lipinski definition) is 0. The first-order valence-corrected chi connectivity index (χ1v) is 8.01. The lowest BCUT2D eigenvalue weighted by Gasteiger charge is -1.99. The van der Waals surface area contributed by atoms with Gasteiger partial charge in [-0.1, -0.05) is 89.5 Å². The summed E-state index contributed by atoms with van der Waals surface area (Å²) in [6.07, 6.45) is 24.9. The van der Waals surface area contributed by atoms with Crippen LogP contribution in [0.2, 0.25) is 0 Å². The van der Waals surface area contributed by atoms with Crippen LogP contribution in [0.4, 0.5) is 0 Å². The molecule has 0 aromatic carbocycles. The average molecular weight is 249 g/mol. The highest BCUT2D eigenvalue weighted by Gasteiger charge is 1.90. The van der Waals surface area contributed by atoms with Gasteiger partial charge >= 0.3 is 0 Å². The van der Waals surface area contributed by atoms with Gasteiger partial charge in [-0.15, -0.1) is 0 Å². The highest BCUT2D eigenvalue weighted by molar-refractivity contribution is 4.92. The van der Waals surface area contributed by atoms with E-state index in [1.165, 1.54) is 64.2 Å². The van der Waals surface area contributed by atoms with Crippen molar-refractivity contribution in [2.24, 2.45) is 0 Å². The monoisotopic (exact) mass is 249 g/mol. The Morgan fingerprint density at radius 1 is 0.667 bits per heavy atom. The molecule has 0 aliphatic heterocycles. The van der Waals surface area contributed by atoms with Crippen LogP contribution in [0.3, 0.4) is 0 Å². The largest absolute Gasteiger partial charge is 0.0882 e. The Bertz CT molecular complexity index is 188. The molecule has 0 saturated heterocycles. The van der Waals surface area contributed by atoms with Crippen LogP contribution in [0.25, 0.3) is 0 Å². The Morgan fingerprint density at radius 3 is 1.83 bits per heavy atom. The van der Waals surface area contributed by atoms with Gasteiger partial charge in [0.05, 0.1) is 0 Å². The molecule has 1 radical (unpaired) electrons. The Morgan fingerprint density at radius 2 is 1.22 bits per heavy atom. The highest BCUT2D eigenvalue weighted by Crippen LogP contribution is 2.09. The number of allylic oxidation sites excluding steroid dienone is 4. The van der Waals surface area contributed by atoms with Gasteiger partial charge < -0.3 is 0 Å². The van der Waals surface area contributed by atoms with E-state index in [1.807, 2.05) is 0 Å². The number of hydrogen-bond acceptors (Lipinski definition) is 0. The fourth-order valence-corrected chi connectivity index (χ4v) is 2.00. The smallest absolute Gasteiger partial charge is 0.0169 e. The maximum absolute atomic E-state index is 3.87. The normalized spacial score (nSPS) is 11.9. The summed E-state index contributed by atoms with van der Waals surface area (Å²) in [6, 6.07) is 0. The number of unbranched alkanes of at least 4 members (excludes halogenated alkanes) is 9. The van der Waals surface area contributed by atoms with Crippen molar-refractivity contribution in [1.82, 2.24) is 0 Å². The topological polar surface area (TPSA) is 0 Å². The van der Waals surface area contributed by atoms with E-state index in [4.69, 9.17) is 0 Å². The zero-order chi connectivity index (χ0) is 13.3. The quantitative estimate of drug-likeness (QED) is 0.254. The maximum atomic E-state index is 3.87. The molecule has 0 aromatic rings. The fourth-order valence-electron chi connectivity index (χ4n) is 2.00. The summed E-state index contributed by atoms with van der Waals surface area (Å²) in [5.41, 5.74) is 0. The van der Waals surface area contributed by atoms with Crippen LogP contribution >= 0.6 is 0 Å². The predicted molar refractivity (Wildman–Crippen MR) is 84.7 cm³/mol. The summed E-state index contributed by atoms with van der Waals surface area (Å²) >= 11 is 0. The maximum Gasteiger partial charge on any atom is -0.0169 e. The van der Waals surface area contributed by atoms with Gasteiger partial charge in [-0.2, -0.15) is 0 Å². The molecule has 0 atom stereocenters. The van der Waals surface area contributed by atoms with Gasteiger partial charge in [0.15, 0.2) is 0 Å². The van der Waals surface area contributed by atoms with Crippen LogP contribution < -0.4 is 0 Å². The molecule has 0 rings (SSSR count). The molecule has 0 heteroatoms. The average Bonchev–Trinajstić information content (AvgIpc) is 2.39. The third kappa shape index (κ3) is 15.5. The van der Waals surface area contributed by atoms with Crippen molar-refractivity contribution in [3.05, 3.63) is 31.2 Å². The van der Waals surface area contributed by atoms with Gasteiger partial charge in [0.2, 0.25) is 0 Å². The van der Waals surface area contributed by atoms with Gasteiger partial charge in [0.25, 0.3) is 0 Å². The lowest BCUT2D eigenvalue weighted by Crippen LogP contribution is -1.79. The lowest BCUT2D eigenvalue weighted by molar-refractivity contribution is 0.583. The van der Waals surface area contributed by atoms with Gasteiger partial charge in [0, 0.05) is 0 Å². The van der Waals surface area contributed by atoms with Crippen molar-refractivity contribution in [2.45, 2.75) is 84.0 Å². The van der Waals surface area contributed by atoms with Crippen molar-refractivity contribution in [3.63, 3.8) is 0 Å². The zero-order valence-electron chi connectivity index (χ0n) is 12.5. The minimum absolute atomic E-state index is 1.11. The fraction of sp³-hybridized carbons (Fsp3) is 0.722. The van der Waals surface area contributed by atoms with Gasteiger partial charge in [0.1, 0.15) is 0 Å². The molecule has 0 saturated carbocycles. The zero-order valence-corrected chi connectivity index (χ0v) is 12.5.